The summed E-state index contributed by atoms with van der Waals surface area (Å²) in [6.45, 7) is 0. The SMILES string of the molecule is COc1ccc(S(=O)(=O)Nc2ccc(C(=O)Nc3sc4c(c3C(N)=O)CCC4)cc2)cc1. The van der Waals surface area contributed by atoms with Crippen molar-refractivity contribution < 1.29 is 22.7 Å². The summed E-state index contributed by atoms with van der Waals surface area (Å²) in [7, 11) is -2.29. The van der Waals surface area contributed by atoms with Crippen LogP contribution >= 0.6 is 11.3 Å². The maximum Gasteiger partial charge on any atom is 0.261 e. The van der Waals surface area contributed by atoms with Crippen LogP contribution in [0.1, 0.15) is 37.6 Å². The monoisotopic (exact) mass is 471 g/mol. The van der Waals surface area contributed by atoms with Gasteiger partial charge in [-0.15, -0.1) is 11.3 Å². The molecule has 2 amide bonds. The van der Waals surface area contributed by atoms with E-state index in [1.165, 1.54) is 54.8 Å². The molecule has 2 aromatic carbocycles. The molecule has 32 heavy (non-hydrogen) atoms. The first-order valence-corrected chi connectivity index (χ1v) is 12.1. The van der Waals surface area contributed by atoms with Crippen LogP contribution in [0.4, 0.5) is 10.7 Å². The van der Waals surface area contributed by atoms with Gasteiger partial charge in [0.15, 0.2) is 0 Å². The van der Waals surface area contributed by atoms with E-state index < -0.39 is 21.8 Å². The lowest BCUT2D eigenvalue weighted by Gasteiger charge is -2.10. The number of hydrogen-bond acceptors (Lipinski definition) is 6. The predicted octanol–water partition coefficient (Wildman–Crippen LogP) is 3.40. The van der Waals surface area contributed by atoms with Crippen LogP contribution in [0.3, 0.4) is 0 Å². The molecular formula is C22H21N3O5S2. The van der Waals surface area contributed by atoms with Gasteiger partial charge in [-0.1, -0.05) is 0 Å². The number of fused-ring (bicyclic) bond motifs is 1. The van der Waals surface area contributed by atoms with E-state index >= 15 is 0 Å². The number of hydrogen-bond donors (Lipinski definition) is 3. The van der Waals surface area contributed by atoms with Crippen molar-refractivity contribution in [3.05, 3.63) is 70.1 Å². The Balaban J connectivity index is 1.48. The molecule has 0 unspecified atom stereocenters. The highest BCUT2D eigenvalue weighted by atomic mass is 32.2. The highest BCUT2D eigenvalue weighted by Crippen LogP contribution is 2.39. The van der Waals surface area contributed by atoms with Crippen molar-refractivity contribution in [1.29, 1.82) is 0 Å². The quantitative estimate of drug-likeness (QED) is 0.487. The number of benzene rings is 2. The van der Waals surface area contributed by atoms with E-state index in [0.29, 0.717) is 27.6 Å². The molecule has 1 aliphatic carbocycles. The molecule has 10 heteroatoms. The van der Waals surface area contributed by atoms with Crippen LogP contribution in [-0.4, -0.2) is 27.3 Å². The Morgan fingerprint density at radius 2 is 1.72 bits per heavy atom. The molecule has 3 aromatic rings. The van der Waals surface area contributed by atoms with E-state index in [4.69, 9.17) is 10.5 Å². The first-order chi connectivity index (χ1) is 15.3. The number of sulfonamides is 1. The summed E-state index contributed by atoms with van der Waals surface area (Å²) in [6, 6.07) is 12.0. The van der Waals surface area contributed by atoms with E-state index in [-0.39, 0.29) is 4.90 Å². The average molecular weight is 472 g/mol. The largest absolute Gasteiger partial charge is 0.497 e. The molecule has 0 bridgehead atoms. The number of anilines is 2. The van der Waals surface area contributed by atoms with Crippen LogP contribution < -0.4 is 20.5 Å². The zero-order chi connectivity index (χ0) is 22.9. The smallest absolute Gasteiger partial charge is 0.261 e. The van der Waals surface area contributed by atoms with Gasteiger partial charge in [0.1, 0.15) is 10.8 Å². The van der Waals surface area contributed by atoms with Crippen LogP contribution in [0.25, 0.3) is 0 Å². The molecule has 0 radical (unpaired) electrons. The second-order valence-electron chi connectivity index (χ2n) is 7.24. The Labute approximate surface area is 189 Å². The number of carbonyl (C=O) groups is 2. The average Bonchev–Trinajstić information content (AvgIpc) is 3.34. The fourth-order valence-electron chi connectivity index (χ4n) is 3.59. The highest BCUT2D eigenvalue weighted by molar-refractivity contribution is 7.92. The van der Waals surface area contributed by atoms with Crippen molar-refractivity contribution in [3.63, 3.8) is 0 Å². The number of nitrogens with two attached hydrogens (primary N) is 1. The van der Waals surface area contributed by atoms with Crippen molar-refractivity contribution >= 4 is 43.9 Å². The number of methoxy groups -OCH3 is 1. The maximum atomic E-state index is 12.7. The second-order valence-corrected chi connectivity index (χ2v) is 10.0. The molecule has 0 saturated heterocycles. The number of aryl methyl sites for hydroxylation is 1. The van der Waals surface area contributed by atoms with Crippen molar-refractivity contribution in [2.45, 2.75) is 24.2 Å². The van der Waals surface area contributed by atoms with Gasteiger partial charge in [-0.3, -0.25) is 14.3 Å². The van der Waals surface area contributed by atoms with E-state index in [1.807, 2.05) is 0 Å². The standard InChI is InChI=1S/C22H21N3O5S2/c1-30-15-9-11-16(12-10-15)32(28,29)25-14-7-5-13(6-8-14)21(27)24-22-19(20(23)26)17-3-2-4-18(17)31-22/h5-12,25H,2-4H2,1H3,(H2,23,26)(H,24,27). The molecule has 4 N–H and O–H groups in total. The topological polar surface area (TPSA) is 128 Å². The predicted molar refractivity (Wildman–Crippen MR) is 123 cm³/mol. The summed E-state index contributed by atoms with van der Waals surface area (Å²) in [5, 5.41) is 3.23. The summed E-state index contributed by atoms with van der Waals surface area (Å²) in [5.41, 5.74) is 7.48. The van der Waals surface area contributed by atoms with Crippen molar-refractivity contribution in [2.75, 3.05) is 17.1 Å². The minimum absolute atomic E-state index is 0.0878. The summed E-state index contributed by atoms with van der Waals surface area (Å²) in [6.07, 6.45) is 2.63. The number of nitrogens with one attached hydrogen (secondary N) is 2. The number of thiophene rings is 1. The van der Waals surface area contributed by atoms with E-state index in [9.17, 15) is 18.0 Å². The minimum atomic E-state index is -3.79. The molecule has 1 aliphatic rings. The van der Waals surface area contributed by atoms with Crippen molar-refractivity contribution in [2.24, 2.45) is 5.73 Å². The zero-order valence-electron chi connectivity index (χ0n) is 17.2. The molecule has 1 aromatic heterocycles. The Hall–Kier alpha value is -3.37. The number of primary amides is 1. The summed E-state index contributed by atoms with van der Waals surface area (Å²) in [4.78, 5) is 25.8. The Bertz CT molecular complexity index is 1280. The first kappa shape index (κ1) is 21.8. The molecule has 166 valence electrons. The van der Waals surface area contributed by atoms with Crippen LogP contribution in [0, 0.1) is 0 Å². The van der Waals surface area contributed by atoms with Crippen LogP contribution in [0.15, 0.2) is 53.4 Å². The normalized spacial score (nSPS) is 12.8. The number of rotatable bonds is 7. The number of amides is 2. The van der Waals surface area contributed by atoms with Crippen LogP contribution in [0.2, 0.25) is 0 Å². The van der Waals surface area contributed by atoms with Gasteiger partial charge < -0.3 is 15.8 Å². The third kappa shape index (κ3) is 4.32. The molecule has 4 rings (SSSR count). The lowest BCUT2D eigenvalue weighted by Crippen LogP contribution is -2.18. The zero-order valence-corrected chi connectivity index (χ0v) is 18.8. The fourth-order valence-corrected chi connectivity index (χ4v) is 5.94. The fraction of sp³-hybridized carbons (Fsp3) is 0.182. The van der Waals surface area contributed by atoms with E-state index in [1.54, 1.807) is 12.1 Å². The van der Waals surface area contributed by atoms with E-state index in [2.05, 4.69) is 10.0 Å². The maximum absolute atomic E-state index is 12.7. The van der Waals surface area contributed by atoms with Crippen molar-refractivity contribution in [1.82, 2.24) is 0 Å². The van der Waals surface area contributed by atoms with Crippen molar-refractivity contribution in [3.8, 4) is 5.75 Å². The summed E-state index contributed by atoms with van der Waals surface area (Å²) >= 11 is 1.38. The molecule has 0 fully saturated rings. The van der Waals surface area contributed by atoms with E-state index in [0.717, 1.165) is 29.7 Å². The highest BCUT2D eigenvalue weighted by Gasteiger charge is 2.26. The molecule has 0 spiro atoms. The van der Waals surface area contributed by atoms with Gasteiger partial charge in [0, 0.05) is 16.1 Å². The Morgan fingerprint density at radius 3 is 2.34 bits per heavy atom. The number of ether oxygens (including phenoxy) is 1. The van der Waals surface area contributed by atoms with Gasteiger partial charge in [0.2, 0.25) is 0 Å². The van der Waals surface area contributed by atoms with Gasteiger partial charge in [0.05, 0.1) is 17.6 Å². The first-order valence-electron chi connectivity index (χ1n) is 9.81. The molecule has 0 saturated carbocycles. The third-order valence-corrected chi connectivity index (χ3v) is 7.77. The number of carbonyl (C=O) groups excluding carboxylic acids is 2. The molecule has 0 aliphatic heterocycles. The second kappa shape index (κ2) is 8.64. The molecule has 0 atom stereocenters. The minimum Gasteiger partial charge on any atom is -0.497 e. The lowest BCUT2D eigenvalue weighted by molar-refractivity contribution is 0.100. The third-order valence-electron chi connectivity index (χ3n) is 5.16. The molecule has 8 nitrogen and oxygen atoms in total. The lowest BCUT2D eigenvalue weighted by atomic mass is 10.1. The van der Waals surface area contributed by atoms with Gasteiger partial charge in [-0.2, -0.15) is 0 Å². The van der Waals surface area contributed by atoms with Gasteiger partial charge in [0.25, 0.3) is 21.8 Å². The molecular weight excluding hydrogens is 450 g/mol. The summed E-state index contributed by atoms with van der Waals surface area (Å²) < 4.78 is 32.6. The Kier molecular flexibility index (Phi) is 5.90. The Morgan fingerprint density at radius 1 is 1.03 bits per heavy atom. The van der Waals surface area contributed by atoms with Gasteiger partial charge >= 0.3 is 0 Å². The molecule has 1 heterocycles. The van der Waals surface area contributed by atoms with Crippen LogP contribution in [0.5, 0.6) is 5.75 Å². The van der Waals surface area contributed by atoms with Crippen LogP contribution in [-0.2, 0) is 22.9 Å². The van der Waals surface area contributed by atoms with Gasteiger partial charge in [-0.25, -0.2) is 8.42 Å². The van der Waals surface area contributed by atoms with Gasteiger partial charge in [-0.05, 0) is 73.4 Å². The summed E-state index contributed by atoms with van der Waals surface area (Å²) in [5.74, 6) is -0.408.